The number of hydrogen-bond acceptors (Lipinski definition) is 5. The Morgan fingerprint density at radius 3 is 2.58 bits per heavy atom. The molecule has 0 spiro atoms. The number of benzene rings is 1. The van der Waals surface area contributed by atoms with Crippen LogP contribution in [-0.4, -0.2) is 62.2 Å². The van der Waals surface area contributed by atoms with Crippen LogP contribution in [-0.2, 0) is 22.3 Å². The first-order chi connectivity index (χ1) is 11.2. The highest BCUT2D eigenvalue weighted by Crippen LogP contribution is 2.44. The fourth-order valence-corrected chi connectivity index (χ4v) is 3.81. The van der Waals surface area contributed by atoms with Gasteiger partial charge in [-0.05, 0) is 18.7 Å². The minimum Gasteiger partial charge on any atom is -0.474 e. The lowest BCUT2D eigenvalue weighted by molar-refractivity contribution is -0.0257. The molecule has 1 fully saturated rings. The number of hydrogen-bond donors (Lipinski definition) is 2. The van der Waals surface area contributed by atoms with Gasteiger partial charge in [-0.3, -0.25) is 9.45 Å². The molecule has 0 aliphatic carbocycles. The normalized spacial score (nSPS) is 24.6. The van der Waals surface area contributed by atoms with Crippen molar-refractivity contribution in [2.24, 2.45) is 0 Å². The molecule has 2 heterocycles. The third-order valence-corrected chi connectivity index (χ3v) is 5.43. The van der Waals surface area contributed by atoms with Crippen LogP contribution in [0.25, 0.3) is 0 Å². The van der Waals surface area contributed by atoms with E-state index in [1.165, 1.54) is 0 Å². The van der Waals surface area contributed by atoms with E-state index in [4.69, 9.17) is 9.29 Å². The van der Waals surface area contributed by atoms with Gasteiger partial charge in [0.2, 0.25) is 0 Å². The average molecular weight is 355 g/mol. The fraction of sp³-hybridized carbons (Fsp3) is 0.625. The fourth-order valence-electron chi connectivity index (χ4n) is 3.46. The molecule has 1 aromatic carbocycles. The lowest BCUT2D eigenvalue weighted by Crippen LogP contribution is -2.55. The van der Waals surface area contributed by atoms with E-state index in [0.29, 0.717) is 0 Å². The summed E-state index contributed by atoms with van der Waals surface area (Å²) < 4.78 is 38.9. The Kier molecular flexibility index (Phi) is 4.61. The van der Waals surface area contributed by atoms with Crippen LogP contribution in [0.5, 0.6) is 5.75 Å². The number of ether oxygens (including phenoxy) is 1. The van der Waals surface area contributed by atoms with Crippen LogP contribution >= 0.6 is 0 Å². The Balaban J connectivity index is 1.79. The van der Waals surface area contributed by atoms with Crippen LogP contribution in [0.15, 0.2) is 18.2 Å². The van der Waals surface area contributed by atoms with Crippen LogP contribution in [0.1, 0.15) is 25.0 Å². The smallest absolute Gasteiger partial charge is 0.333 e. The van der Waals surface area contributed by atoms with Gasteiger partial charge in [-0.25, -0.2) is 0 Å². The topological polar surface area (TPSA) is 82.1 Å². The molecule has 2 N–H and O–H groups in total. The second kappa shape index (κ2) is 6.27. The van der Waals surface area contributed by atoms with Crippen molar-refractivity contribution in [1.82, 2.24) is 14.5 Å². The molecular formula is C16H25N3O4S. The first-order valence-electron chi connectivity index (χ1n) is 8.11. The maximum Gasteiger partial charge on any atom is 0.333 e. The van der Waals surface area contributed by atoms with Gasteiger partial charge in [0.15, 0.2) is 6.23 Å². The van der Waals surface area contributed by atoms with Crippen molar-refractivity contribution >= 4 is 10.3 Å². The highest BCUT2D eigenvalue weighted by atomic mass is 32.2. The Hall–Kier alpha value is -1.19. The van der Waals surface area contributed by atoms with Crippen molar-refractivity contribution < 1.29 is 17.7 Å². The second-order valence-corrected chi connectivity index (χ2v) is 8.40. The zero-order valence-corrected chi connectivity index (χ0v) is 15.1. The molecule has 1 unspecified atom stereocenters. The quantitative estimate of drug-likeness (QED) is 0.779. The maximum atomic E-state index is 10.9. The van der Waals surface area contributed by atoms with Gasteiger partial charge in [-0.15, -0.1) is 0 Å². The van der Waals surface area contributed by atoms with E-state index < -0.39 is 10.3 Å². The van der Waals surface area contributed by atoms with E-state index in [1.807, 2.05) is 18.2 Å². The number of rotatable bonds is 4. The Morgan fingerprint density at radius 2 is 1.96 bits per heavy atom. The molecule has 0 amide bonds. The van der Waals surface area contributed by atoms with Gasteiger partial charge in [0, 0.05) is 43.7 Å². The standard InChI is InChI=1S/C16H25N3O4S/c1-16(2)13-10-12(11-17-24(20,21)22)4-5-14(13)23-15(16)19-8-6-18(3)7-9-19/h4-5,10,15,17H,6-9,11H2,1-3H3,(H,20,21,22). The maximum absolute atomic E-state index is 10.9. The zero-order valence-electron chi connectivity index (χ0n) is 14.3. The predicted molar refractivity (Wildman–Crippen MR) is 91.3 cm³/mol. The van der Waals surface area contributed by atoms with E-state index in [1.54, 1.807) is 0 Å². The molecule has 1 atom stereocenters. The Labute approximate surface area is 143 Å². The molecule has 2 aliphatic heterocycles. The van der Waals surface area contributed by atoms with Crippen LogP contribution in [0, 0.1) is 0 Å². The summed E-state index contributed by atoms with van der Waals surface area (Å²) in [7, 11) is -2.07. The van der Waals surface area contributed by atoms with E-state index in [2.05, 4.69) is 35.4 Å². The van der Waals surface area contributed by atoms with E-state index in [9.17, 15) is 8.42 Å². The SMILES string of the molecule is CN1CCN(C2Oc3ccc(CNS(=O)(=O)O)cc3C2(C)C)CC1. The molecule has 134 valence electrons. The third kappa shape index (κ3) is 3.57. The second-order valence-electron chi connectivity index (χ2n) is 7.16. The minimum atomic E-state index is -4.19. The minimum absolute atomic E-state index is 0.0222. The summed E-state index contributed by atoms with van der Waals surface area (Å²) in [6, 6.07) is 5.66. The molecular weight excluding hydrogens is 330 g/mol. The van der Waals surface area contributed by atoms with Crippen molar-refractivity contribution in [3.8, 4) is 5.75 Å². The summed E-state index contributed by atoms with van der Waals surface area (Å²) in [5.41, 5.74) is 1.67. The van der Waals surface area contributed by atoms with Gasteiger partial charge < -0.3 is 9.64 Å². The number of likely N-dealkylation sites (N-methyl/N-ethyl adjacent to an activating group) is 1. The van der Waals surface area contributed by atoms with Gasteiger partial charge in [-0.1, -0.05) is 26.0 Å². The Bertz CT molecular complexity index is 712. The average Bonchev–Trinajstić information content (AvgIpc) is 2.77. The summed E-state index contributed by atoms with van der Waals surface area (Å²) >= 11 is 0. The van der Waals surface area contributed by atoms with Crippen molar-refractivity contribution in [2.75, 3.05) is 33.2 Å². The first kappa shape index (κ1) is 17.6. The number of fused-ring (bicyclic) bond motifs is 1. The Morgan fingerprint density at radius 1 is 1.29 bits per heavy atom. The summed E-state index contributed by atoms with van der Waals surface area (Å²) in [6.45, 7) is 8.35. The van der Waals surface area contributed by atoms with Crippen LogP contribution in [0.2, 0.25) is 0 Å². The molecule has 0 radical (unpaired) electrons. The summed E-state index contributed by atoms with van der Waals surface area (Å²) in [4.78, 5) is 4.68. The van der Waals surface area contributed by atoms with Gasteiger partial charge in [-0.2, -0.15) is 13.1 Å². The van der Waals surface area contributed by atoms with E-state index in [0.717, 1.165) is 43.1 Å². The molecule has 3 rings (SSSR count). The summed E-state index contributed by atoms with van der Waals surface area (Å²) in [5.74, 6) is 0.847. The number of nitrogens with zero attached hydrogens (tertiary/aromatic N) is 2. The largest absolute Gasteiger partial charge is 0.474 e. The monoisotopic (exact) mass is 355 g/mol. The number of piperazine rings is 1. The van der Waals surface area contributed by atoms with Crippen molar-refractivity contribution in [3.63, 3.8) is 0 Å². The molecule has 0 bridgehead atoms. The highest BCUT2D eigenvalue weighted by Gasteiger charge is 2.45. The molecule has 0 aromatic heterocycles. The molecule has 24 heavy (non-hydrogen) atoms. The van der Waals surface area contributed by atoms with Gasteiger partial charge >= 0.3 is 10.3 Å². The van der Waals surface area contributed by atoms with Crippen LogP contribution in [0.4, 0.5) is 0 Å². The lowest BCUT2D eigenvalue weighted by atomic mass is 9.83. The van der Waals surface area contributed by atoms with E-state index >= 15 is 0 Å². The van der Waals surface area contributed by atoms with E-state index in [-0.39, 0.29) is 18.2 Å². The van der Waals surface area contributed by atoms with Crippen molar-refractivity contribution in [1.29, 1.82) is 0 Å². The highest BCUT2D eigenvalue weighted by molar-refractivity contribution is 7.83. The predicted octanol–water partition coefficient (Wildman–Crippen LogP) is 0.823. The van der Waals surface area contributed by atoms with Crippen molar-refractivity contribution in [3.05, 3.63) is 29.3 Å². The molecule has 7 nitrogen and oxygen atoms in total. The zero-order chi connectivity index (χ0) is 17.5. The number of nitrogens with one attached hydrogen (secondary N) is 1. The van der Waals surface area contributed by atoms with Crippen LogP contribution < -0.4 is 9.46 Å². The first-order valence-corrected chi connectivity index (χ1v) is 9.55. The van der Waals surface area contributed by atoms with Gasteiger partial charge in [0.05, 0.1) is 0 Å². The van der Waals surface area contributed by atoms with Crippen molar-refractivity contribution in [2.45, 2.75) is 32.0 Å². The summed E-state index contributed by atoms with van der Waals surface area (Å²) in [5, 5.41) is 0. The molecule has 1 saturated heterocycles. The molecule has 2 aliphatic rings. The lowest BCUT2D eigenvalue weighted by Gasteiger charge is -2.40. The molecule has 8 heteroatoms. The van der Waals surface area contributed by atoms with Gasteiger partial charge in [0.25, 0.3) is 0 Å². The third-order valence-electron chi connectivity index (χ3n) is 4.92. The molecule has 0 saturated carbocycles. The molecule has 1 aromatic rings. The van der Waals surface area contributed by atoms with Crippen LogP contribution in [0.3, 0.4) is 0 Å². The van der Waals surface area contributed by atoms with Gasteiger partial charge in [0.1, 0.15) is 5.75 Å². The summed E-state index contributed by atoms with van der Waals surface area (Å²) in [6.07, 6.45) is -0.0222.